The molecular weight excluding hydrogens is 250 g/mol. The highest BCUT2D eigenvalue weighted by molar-refractivity contribution is 5.83. The molecule has 0 aliphatic carbocycles. The van der Waals surface area contributed by atoms with E-state index < -0.39 is 0 Å². The zero-order valence-corrected chi connectivity index (χ0v) is 12.4. The molecule has 1 amide bonds. The summed E-state index contributed by atoms with van der Waals surface area (Å²) < 4.78 is 0. The Morgan fingerprint density at radius 2 is 2.00 bits per heavy atom. The van der Waals surface area contributed by atoms with Crippen LogP contribution < -0.4 is 10.6 Å². The third-order valence-corrected chi connectivity index (χ3v) is 3.35. The zero-order chi connectivity index (χ0) is 14.5. The Bertz CT molecular complexity index is 574. The van der Waals surface area contributed by atoms with Crippen LogP contribution >= 0.6 is 0 Å². The van der Waals surface area contributed by atoms with Gasteiger partial charge < -0.3 is 15.6 Å². The van der Waals surface area contributed by atoms with Gasteiger partial charge in [0.15, 0.2) is 0 Å². The minimum absolute atomic E-state index is 0.0542. The van der Waals surface area contributed by atoms with Crippen LogP contribution in [0.25, 0.3) is 10.9 Å². The first kappa shape index (κ1) is 14.6. The second-order valence-corrected chi connectivity index (χ2v) is 5.60. The number of para-hydroxylation sites is 1. The molecular formula is C16H23N3O. The van der Waals surface area contributed by atoms with Gasteiger partial charge in [0, 0.05) is 30.2 Å². The molecule has 1 aromatic carbocycles. The first-order chi connectivity index (χ1) is 9.58. The largest absolute Gasteiger partial charge is 0.361 e. The van der Waals surface area contributed by atoms with Crippen LogP contribution in [0.3, 0.4) is 0 Å². The summed E-state index contributed by atoms with van der Waals surface area (Å²) in [6, 6.07) is 7.99. The molecule has 0 aliphatic heterocycles. The van der Waals surface area contributed by atoms with Gasteiger partial charge in [-0.15, -0.1) is 0 Å². The number of benzene rings is 1. The molecule has 4 nitrogen and oxygen atoms in total. The van der Waals surface area contributed by atoms with Gasteiger partial charge in [-0.1, -0.05) is 32.0 Å². The summed E-state index contributed by atoms with van der Waals surface area (Å²) in [6.07, 6.45) is 2.00. The number of amides is 1. The summed E-state index contributed by atoms with van der Waals surface area (Å²) in [4.78, 5) is 15.1. The Morgan fingerprint density at radius 1 is 1.25 bits per heavy atom. The normalized spacial score (nSPS) is 12.8. The second-order valence-electron chi connectivity index (χ2n) is 5.60. The van der Waals surface area contributed by atoms with E-state index in [2.05, 4.69) is 41.6 Å². The minimum Gasteiger partial charge on any atom is -0.361 e. The van der Waals surface area contributed by atoms with Gasteiger partial charge in [0.05, 0.1) is 6.04 Å². The van der Waals surface area contributed by atoms with E-state index in [4.69, 9.17) is 0 Å². The molecule has 2 aromatic rings. The summed E-state index contributed by atoms with van der Waals surface area (Å²) in [5.41, 5.74) is 2.31. The number of fused-ring (bicyclic) bond motifs is 1. The Morgan fingerprint density at radius 3 is 2.75 bits per heavy atom. The molecule has 0 bridgehead atoms. The topological polar surface area (TPSA) is 56.9 Å². The lowest BCUT2D eigenvalue weighted by Crippen LogP contribution is -2.42. The van der Waals surface area contributed by atoms with Crippen molar-refractivity contribution in [3.8, 4) is 0 Å². The fourth-order valence-electron chi connectivity index (χ4n) is 2.09. The van der Waals surface area contributed by atoms with Gasteiger partial charge in [-0.25, -0.2) is 0 Å². The van der Waals surface area contributed by atoms with E-state index in [-0.39, 0.29) is 11.9 Å². The molecule has 4 heteroatoms. The predicted molar refractivity (Wildman–Crippen MR) is 82.4 cm³/mol. The van der Waals surface area contributed by atoms with Crippen LogP contribution in [-0.2, 0) is 11.3 Å². The van der Waals surface area contributed by atoms with E-state index in [1.165, 1.54) is 10.9 Å². The van der Waals surface area contributed by atoms with Crippen LogP contribution in [0.4, 0.5) is 0 Å². The van der Waals surface area contributed by atoms with Crippen molar-refractivity contribution in [3.63, 3.8) is 0 Å². The van der Waals surface area contributed by atoms with Crippen molar-refractivity contribution in [3.05, 3.63) is 36.0 Å². The van der Waals surface area contributed by atoms with Crippen LogP contribution in [0.15, 0.2) is 30.5 Å². The van der Waals surface area contributed by atoms with Gasteiger partial charge in [0.25, 0.3) is 0 Å². The number of aromatic nitrogens is 1. The Kier molecular flexibility index (Phi) is 4.79. The Hall–Kier alpha value is -1.81. The van der Waals surface area contributed by atoms with Gasteiger partial charge in [0.1, 0.15) is 0 Å². The molecule has 1 atom stereocenters. The molecule has 1 unspecified atom stereocenters. The smallest absolute Gasteiger partial charge is 0.236 e. The number of aromatic amines is 1. The highest BCUT2D eigenvalue weighted by Crippen LogP contribution is 2.17. The number of hydrogen-bond donors (Lipinski definition) is 3. The van der Waals surface area contributed by atoms with E-state index in [1.54, 1.807) is 0 Å². The third-order valence-electron chi connectivity index (χ3n) is 3.35. The van der Waals surface area contributed by atoms with E-state index in [1.807, 2.05) is 25.3 Å². The maximum absolute atomic E-state index is 11.9. The highest BCUT2D eigenvalue weighted by atomic mass is 16.2. The van der Waals surface area contributed by atoms with Crippen molar-refractivity contribution in [2.75, 3.05) is 6.54 Å². The van der Waals surface area contributed by atoms with Crippen LogP contribution in [0.2, 0.25) is 0 Å². The van der Waals surface area contributed by atoms with Crippen molar-refractivity contribution >= 4 is 16.8 Å². The second kappa shape index (κ2) is 6.57. The molecule has 0 aliphatic rings. The van der Waals surface area contributed by atoms with E-state index in [9.17, 15) is 4.79 Å². The number of rotatable bonds is 6. The molecule has 1 aromatic heterocycles. The molecule has 0 fully saturated rings. The van der Waals surface area contributed by atoms with Gasteiger partial charge in [-0.3, -0.25) is 4.79 Å². The average molecular weight is 273 g/mol. The number of hydrogen-bond acceptors (Lipinski definition) is 2. The fraction of sp³-hybridized carbons (Fsp3) is 0.438. The van der Waals surface area contributed by atoms with Crippen LogP contribution in [-0.4, -0.2) is 23.5 Å². The average Bonchev–Trinajstić information content (AvgIpc) is 2.85. The molecule has 1 heterocycles. The first-order valence-corrected chi connectivity index (χ1v) is 7.14. The lowest BCUT2D eigenvalue weighted by Gasteiger charge is -2.15. The first-order valence-electron chi connectivity index (χ1n) is 7.14. The highest BCUT2D eigenvalue weighted by Gasteiger charge is 2.12. The monoisotopic (exact) mass is 273 g/mol. The maximum atomic E-state index is 11.9. The van der Waals surface area contributed by atoms with Gasteiger partial charge in [0.2, 0.25) is 5.91 Å². The predicted octanol–water partition coefficient (Wildman–Crippen LogP) is 2.42. The van der Waals surface area contributed by atoms with Crippen molar-refractivity contribution in [1.82, 2.24) is 15.6 Å². The van der Waals surface area contributed by atoms with Gasteiger partial charge in [-0.2, -0.15) is 0 Å². The van der Waals surface area contributed by atoms with E-state index >= 15 is 0 Å². The van der Waals surface area contributed by atoms with Crippen molar-refractivity contribution < 1.29 is 4.79 Å². The maximum Gasteiger partial charge on any atom is 0.236 e. The molecule has 3 N–H and O–H groups in total. The molecule has 0 saturated heterocycles. The minimum atomic E-state index is -0.192. The van der Waals surface area contributed by atoms with E-state index in [0.717, 1.165) is 12.1 Å². The molecule has 2 rings (SSSR count). The quantitative estimate of drug-likeness (QED) is 0.757. The number of H-pyrrole nitrogens is 1. The number of carbonyl (C=O) groups is 1. The lowest BCUT2D eigenvalue weighted by molar-refractivity contribution is -0.122. The number of nitrogens with one attached hydrogen (secondary N) is 3. The SMILES string of the molecule is CC(C)CNC(=O)C(C)NCc1c[nH]c2ccccc12. The summed E-state index contributed by atoms with van der Waals surface area (Å²) >= 11 is 0. The third kappa shape index (κ3) is 3.61. The van der Waals surface area contributed by atoms with Crippen molar-refractivity contribution in [1.29, 1.82) is 0 Å². The van der Waals surface area contributed by atoms with Crippen molar-refractivity contribution in [2.45, 2.75) is 33.4 Å². The zero-order valence-electron chi connectivity index (χ0n) is 12.4. The summed E-state index contributed by atoms with van der Waals surface area (Å²) in [7, 11) is 0. The molecule has 20 heavy (non-hydrogen) atoms. The molecule has 108 valence electrons. The Balaban J connectivity index is 1.90. The van der Waals surface area contributed by atoms with Gasteiger partial charge >= 0.3 is 0 Å². The Labute approximate surface area is 120 Å². The van der Waals surface area contributed by atoms with Crippen LogP contribution in [0, 0.1) is 5.92 Å². The summed E-state index contributed by atoms with van der Waals surface area (Å²) in [5.74, 6) is 0.526. The number of carbonyl (C=O) groups excluding carboxylic acids is 1. The molecule has 0 radical (unpaired) electrons. The van der Waals surface area contributed by atoms with Crippen LogP contribution in [0.1, 0.15) is 26.3 Å². The molecule has 0 spiro atoms. The van der Waals surface area contributed by atoms with Gasteiger partial charge in [-0.05, 0) is 24.5 Å². The fourth-order valence-corrected chi connectivity index (χ4v) is 2.09. The summed E-state index contributed by atoms with van der Waals surface area (Å²) in [5, 5.41) is 7.41. The van der Waals surface area contributed by atoms with Crippen LogP contribution in [0.5, 0.6) is 0 Å². The molecule has 0 saturated carbocycles. The standard InChI is InChI=1S/C16H23N3O/c1-11(2)8-19-16(20)12(3)17-9-13-10-18-15-7-5-4-6-14(13)15/h4-7,10-12,17-18H,8-9H2,1-3H3,(H,19,20). The van der Waals surface area contributed by atoms with E-state index in [0.29, 0.717) is 12.5 Å². The van der Waals surface area contributed by atoms with Crippen molar-refractivity contribution in [2.24, 2.45) is 5.92 Å². The summed E-state index contributed by atoms with van der Waals surface area (Å²) in [6.45, 7) is 7.47. The lowest BCUT2D eigenvalue weighted by atomic mass is 10.1.